The molecule has 10 heteroatoms. The minimum Gasteiger partial charge on any atom is -0.476 e. The monoisotopic (exact) mass is 291 g/mol. The zero-order chi connectivity index (χ0) is 15.1. The molecule has 1 N–H and O–H groups in total. The van der Waals surface area contributed by atoms with Crippen molar-refractivity contribution < 1.29 is 27.6 Å². The third-order valence-corrected chi connectivity index (χ3v) is 2.57. The lowest BCUT2D eigenvalue weighted by Gasteiger charge is -2.08. The maximum atomic E-state index is 12.2. The summed E-state index contributed by atoms with van der Waals surface area (Å²) in [5.74, 6) is -1.42. The zero-order valence-corrected chi connectivity index (χ0v) is 10.1. The number of rotatable bonds is 3. The van der Waals surface area contributed by atoms with Crippen LogP contribution in [0.15, 0.2) is 9.32 Å². The van der Waals surface area contributed by atoms with Crippen LogP contribution in [0.4, 0.5) is 13.2 Å². The van der Waals surface area contributed by atoms with Crippen molar-refractivity contribution in [3.05, 3.63) is 21.8 Å². The van der Waals surface area contributed by atoms with E-state index in [1.807, 2.05) is 0 Å². The SMILES string of the molecule is Cc1onc2c(=O)n(CCC(F)(F)F)nc(C(=O)O)c12. The molecule has 0 fully saturated rings. The molecule has 0 saturated carbocycles. The smallest absolute Gasteiger partial charge is 0.390 e. The standard InChI is InChI=1S/C10H8F3N3O4/c1-4-5-6(15-20-4)8(17)16(3-2-10(11,12)13)14-7(5)9(18)19/h2-3H2,1H3,(H,18,19). The normalized spacial score (nSPS) is 12.0. The summed E-state index contributed by atoms with van der Waals surface area (Å²) >= 11 is 0. The summed E-state index contributed by atoms with van der Waals surface area (Å²) in [6.45, 7) is 0.591. The number of hydrogen-bond donors (Lipinski definition) is 1. The summed E-state index contributed by atoms with van der Waals surface area (Å²) < 4.78 is 41.6. The van der Waals surface area contributed by atoms with Crippen LogP contribution < -0.4 is 5.56 Å². The van der Waals surface area contributed by atoms with Gasteiger partial charge in [-0.2, -0.15) is 18.3 Å². The molecular formula is C10H8F3N3O4. The first-order valence-corrected chi connectivity index (χ1v) is 5.38. The molecule has 0 aliphatic rings. The number of carbonyl (C=O) groups is 1. The molecule has 0 saturated heterocycles. The van der Waals surface area contributed by atoms with Gasteiger partial charge < -0.3 is 9.63 Å². The molecule has 0 amide bonds. The van der Waals surface area contributed by atoms with E-state index in [0.29, 0.717) is 4.68 Å². The Balaban J connectivity index is 2.60. The van der Waals surface area contributed by atoms with Gasteiger partial charge in [0, 0.05) is 0 Å². The first kappa shape index (κ1) is 14.0. The fourth-order valence-electron chi connectivity index (χ4n) is 1.67. The van der Waals surface area contributed by atoms with E-state index < -0.39 is 36.4 Å². The van der Waals surface area contributed by atoms with Crippen molar-refractivity contribution in [1.82, 2.24) is 14.9 Å². The van der Waals surface area contributed by atoms with Crippen molar-refractivity contribution in [3.63, 3.8) is 0 Å². The average molecular weight is 291 g/mol. The molecule has 0 unspecified atom stereocenters. The molecule has 0 spiro atoms. The summed E-state index contributed by atoms with van der Waals surface area (Å²) in [7, 11) is 0. The van der Waals surface area contributed by atoms with E-state index in [0.717, 1.165) is 0 Å². The molecule has 0 aliphatic carbocycles. The second-order valence-electron chi connectivity index (χ2n) is 4.01. The number of aromatic carboxylic acids is 1. The minimum atomic E-state index is -4.49. The van der Waals surface area contributed by atoms with Crippen LogP contribution in [0.3, 0.4) is 0 Å². The van der Waals surface area contributed by atoms with Crippen molar-refractivity contribution >= 4 is 16.9 Å². The largest absolute Gasteiger partial charge is 0.476 e. The van der Waals surface area contributed by atoms with Crippen molar-refractivity contribution in [1.29, 1.82) is 0 Å². The van der Waals surface area contributed by atoms with E-state index in [-0.39, 0.29) is 16.7 Å². The molecule has 0 aliphatic heterocycles. The molecule has 20 heavy (non-hydrogen) atoms. The molecular weight excluding hydrogens is 283 g/mol. The van der Waals surface area contributed by atoms with Crippen molar-refractivity contribution in [2.75, 3.05) is 0 Å². The van der Waals surface area contributed by atoms with E-state index in [1.54, 1.807) is 0 Å². The average Bonchev–Trinajstić information content (AvgIpc) is 2.70. The number of alkyl halides is 3. The number of carboxylic acids is 1. The molecule has 2 aromatic rings. The maximum Gasteiger partial charge on any atom is 0.390 e. The topological polar surface area (TPSA) is 98.2 Å². The lowest BCUT2D eigenvalue weighted by atomic mass is 10.2. The van der Waals surface area contributed by atoms with Gasteiger partial charge in [0.1, 0.15) is 5.76 Å². The Bertz CT molecular complexity index is 732. The van der Waals surface area contributed by atoms with Crippen LogP contribution in [-0.4, -0.2) is 32.2 Å². The van der Waals surface area contributed by atoms with Gasteiger partial charge in [0.05, 0.1) is 18.4 Å². The number of halogens is 3. The molecule has 2 rings (SSSR count). The highest BCUT2D eigenvalue weighted by molar-refractivity contribution is 6.00. The molecule has 7 nitrogen and oxygen atoms in total. The Morgan fingerprint density at radius 2 is 2.10 bits per heavy atom. The molecule has 0 aromatic carbocycles. The summed E-state index contributed by atoms with van der Waals surface area (Å²) in [6, 6.07) is 0. The highest BCUT2D eigenvalue weighted by Crippen LogP contribution is 2.21. The second-order valence-corrected chi connectivity index (χ2v) is 4.01. The van der Waals surface area contributed by atoms with Crippen LogP contribution in [0.2, 0.25) is 0 Å². The van der Waals surface area contributed by atoms with Crippen LogP contribution in [0.25, 0.3) is 10.9 Å². The van der Waals surface area contributed by atoms with Gasteiger partial charge >= 0.3 is 12.1 Å². The van der Waals surface area contributed by atoms with Gasteiger partial charge in [-0.1, -0.05) is 5.16 Å². The Hall–Kier alpha value is -2.39. The minimum absolute atomic E-state index is 0.0602. The molecule has 0 atom stereocenters. The van der Waals surface area contributed by atoms with Gasteiger partial charge in [-0.15, -0.1) is 0 Å². The summed E-state index contributed by atoms with van der Waals surface area (Å²) in [5.41, 5.74) is -1.84. The predicted octanol–water partition coefficient (Wildman–Crippen LogP) is 1.34. The van der Waals surface area contributed by atoms with E-state index in [9.17, 15) is 22.8 Å². The Labute approximate surface area is 108 Å². The molecule has 0 radical (unpaired) electrons. The van der Waals surface area contributed by atoms with Gasteiger partial charge in [-0.05, 0) is 6.92 Å². The van der Waals surface area contributed by atoms with Crippen LogP contribution in [0.5, 0.6) is 0 Å². The van der Waals surface area contributed by atoms with Crippen molar-refractivity contribution in [2.24, 2.45) is 0 Å². The van der Waals surface area contributed by atoms with Crippen LogP contribution in [-0.2, 0) is 6.54 Å². The van der Waals surface area contributed by atoms with Gasteiger partial charge in [-0.3, -0.25) is 4.79 Å². The summed E-state index contributed by atoms with van der Waals surface area (Å²) in [5, 5.41) is 15.7. The fraction of sp³-hybridized carbons (Fsp3) is 0.400. The van der Waals surface area contributed by atoms with Crippen LogP contribution in [0.1, 0.15) is 22.7 Å². The number of aromatic nitrogens is 3. The lowest BCUT2D eigenvalue weighted by molar-refractivity contribution is -0.137. The quantitative estimate of drug-likeness (QED) is 0.916. The summed E-state index contributed by atoms with van der Waals surface area (Å²) in [4.78, 5) is 22.9. The second kappa shape index (κ2) is 4.62. The van der Waals surface area contributed by atoms with E-state index in [4.69, 9.17) is 9.63 Å². The van der Waals surface area contributed by atoms with Gasteiger partial charge in [-0.25, -0.2) is 9.48 Å². The third-order valence-electron chi connectivity index (χ3n) is 2.57. The number of aryl methyl sites for hydroxylation is 2. The third kappa shape index (κ3) is 2.49. The van der Waals surface area contributed by atoms with Gasteiger partial charge in [0.25, 0.3) is 5.56 Å². The van der Waals surface area contributed by atoms with E-state index in [2.05, 4.69) is 10.3 Å². The Morgan fingerprint density at radius 3 is 2.65 bits per heavy atom. The number of nitrogens with zero attached hydrogens (tertiary/aromatic N) is 3. The predicted molar refractivity (Wildman–Crippen MR) is 58.4 cm³/mol. The summed E-state index contributed by atoms with van der Waals surface area (Å²) in [6.07, 6.45) is -5.79. The fourth-order valence-corrected chi connectivity index (χ4v) is 1.67. The Kier molecular flexibility index (Phi) is 3.24. The van der Waals surface area contributed by atoms with E-state index >= 15 is 0 Å². The molecule has 0 bridgehead atoms. The van der Waals surface area contributed by atoms with Gasteiger partial charge in [0.2, 0.25) is 0 Å². The number of carboxylic acid groups (broad SMARTS) is 1. The first-order chi connectivity index (χ1) is 9.20. The van der Waals surface area contributed by atoms with Gasteiger partial charge in [0.15, 0.2) is 11.2 Å². The highest BCUT2D eigenvalue weighted by atomic mass is 19.4. The highest BCUT2D eigenvalue weighted by Gasteiger charge is 2.28. The molecule has 108 valence electrons. The lowest BCUT2D eigenvalue weighted by Crippen LogP contribution is -2.28. The van der Waals surface area contributed by atoms with E-state index in [1.165, 1.54) is 6.92 Å². The maximum absolute atomic E-state index is 12.2. The number of fused-ring (bicyclic) bond motifs is 1. The first-order valence-electron chi connectivity index (χ1n) is 5.38. The molecule has 2 heterocycles. The van der Waals surface area contributed by atoms with Crippen LogP contribution in [0, 0.1) is 6.92 Å². The molecule has 2 aromatic heterocycles. The van der Waals surface area contributed by atoms with Crippen LogP contribution >= 0.6 is 0 Å². The van der Waals surface area contributed by atoms with Crippen molar-refractivity contribution in [3.8, 4) is 0 Å². The number of hydrogen-bond acceptors (Lipinski definition) is 5. The Morgan fingerprint density at radius 1 is 1.45 bits per heavy atom. The zero-order valence-electron chi connectivity index (χ0n) is 10.1. The van der Waals surface area contributed by atoms with Crippen molar-refractivity contribution in [2.45, 2.75) is 26.1 Å².